The summed E-state index contributed by atoms with van der Waals surface area (Å²) in [5.41, 5.74) is 0.252. The summed E-state index contributed by atoms with van der Waals surface area (Å²) >= 11 is 7.18. The summed E-state index contributed by atoms with van der Waals surface area (Å²) in [7, 11) is 0. The molecule has 0 bridgehead atoms. The third-order valence-corrected chi connectivity index (χ3v) is 4.55. The van der Waals surface area contributed by atoms with Crippen LogP contribution < -0.4 is 4.90 Å². The van der Waals surface area contributed by atoms with Gasteiger partial charge in [-0.05, 0) is 25.0 Å². The molecule has 21 heavy (non-hydrogen) atoms. The van der Waals surface area contributed by atoms with Crippen LogP contribution in [0.15, 0.2) is 11.4 Å². The van der Waals surface area contributed by atoms with Crippen LogP contribution in [0.25, 0.3) is 10.9 Å². The predicted octanol–water partition coefficient (Wildman–Crippen LogP) is 3.78. The first-order valence-electron chi connectivity index (χ1n) is 6.91. The zero-order valence-electron chi connectivity index (χ0n) is 11.9. The van der Waals surface area contributed by atoms with E-state index in [-0.39, 0.29) is 10.7 Å². The summed E-state index contributed by atoms with van der Waals surface area (Å²) in [4.78, 5) is 14.9. The highest BCUT2D eigenvalue weighted by Gasteiger charge is 2.22. The second kappa shape index (κ2) is 5.93. The molecule has 1 aliphatic heterocycles. The smallest absolute Gasteiger partial charge is 0.189 e. The van der Waals surface area contributed by atoms with E-state index in [0.717, 1.165) is 25.3 Å². The number of piperidine rings is 1. The molecule has 0 amide bonds. The standard InChI is InChI=1S/C14H16ClFN4S/c1-8-4-3-5-20(7-8)13-9-6-17-12(15)10(16)11(9)18-14(19-13)21-2/h6,8H,3-5,7H2,1-2H3/t8-/m1/s1. The Morgan fingerprint density at radius 2 is 2.24 bits per heavy atom. The fourth-order valence-corrected chi connectivity index (χ4v) is 3.21. The minimum atomic E-state index is -0.571. The number of nitrogens with zero attached hydrogens (tertiary/aromatic N) is 4. The van der Waals surface area contributed by atoms with Crippen LogP contribution in [0.1, 0.15) is 19.8 Å². The molecular weight excluding hydrogens is 311 g/mol. The van der Waals surface area contributed by atoms with E-state index in [1.54, 1.807) is 6.20 Å². The Bertz CT molecular complexity index is 682. The highest BCUT2D eigenvalue weighted by molar-refractivity contribution is 7.98. The van der Waals surface area contributed by atoms with Crippen molar-refractivity contribution in [1.29, 1.82) is 0 Å². The molecule has 1 saturated heterocycles. The Morgan fingerprint density at radius 3 is 2.95 bits per heavy atom. The Kier molecular flexibility index (Phi) is 4.17. The molecule has 4 nitrogen and oxygen atoms in total. The first-order chi connectivity index (χ1) is 10.1. The van der Waals surface area contributed by atoms with Gasteiger partial charge < -0.3 is 4.90 Å². The molecule has 0 spiro atoms. The lowest BCUT2D eigenvalue weighted by Gasteiger charge is -2.32. The summed E-state index contributed by atoms with van der Waals surface area (Å²) in [5, 5.41) is 1.03. The van der Waals surface area contributed by atoms with Crippen molar-refractivity contribution in [2.75, 3.05) is 24.2 Å². The number of halogens is 2. The molecule has 3 rings (SSSR count). The summed E-state index contributed by atoms with van der Waals surface area (Å²) in [6, 6.07) is 0. The first-order valence-corrected chi connectivity index (χ1v) is 8.51. The topological polar surface area (TPSA) is 41.9 Å². The van der Waals surface area contributed by atoms with Gasteiger partial charge in [-0.1, -0.05) is 30.3 Å². The number of hydrogen-bond donors (Lipinski definition) is 0. The second-order valence-electron chi connectivity index (χ2n) is 5.35. The largest absolute Gasteiger partial charge is 0.356 e. The monoisotopic (exact) mass is 326 g/mol. The Balaban J connectivity index is 2.18. The molecule has 1 aliphatic rings. The average Bonchev–Trinajstić information content (AvgIpc) is 2.50. The molecule has 7 heteroatoms. The number of pyridine rings is 1. The summed E-state index contributed by atoms with van der Waals surface area (Å²) in [6.45, 7) is 4.07. The number of hydrogen-bond acceptors (Lipinski definition) is 5. The zero-order valence-corrected chi connectivity index (χ0v) is 13.5. The van der Waals surface area contributed by atoms with Gasteiger partial charge in [-0.2, -0.15) is 0 Å². The molecule has 1 atom stereocenters. The molecular formula is C14H16ClFN4S. The van der Waals surface area contributed by atoms with Crippen LogP contribution in [0.5, 0.6) is 0 Å². The SMILES string of the molecule is CSc1nc(N2CCC[C@@H](C)C2)c2cnc(Cl)c(F)c2n1. The number of anilines is 1. The summed E-state index contributed by atoms with van der Waals surface area (Å²) in [6.07, 6.45) is 5.78. The van der Waals surface area contributed by atoms with E-state index in [1.807, 2.05) is 6.26 Å². The quantitative estimate of drug-likeness (QED) is 0.477. The van der Waals surface area contributed by atoms with Gasteiger partial charge >= 0.3 is 0 Å². The van der Waals surface area contributed by atoms with Gasteiger partial charge in [-0.3, -0.25) is 0 Å². The van der Waals surface area contributed by atoms with Crippen molar-refractivity contribution >= 4 is 40.1 Å². The molecule has 0 N–H and O–H groups in total. The number of fused-ring (bicyclic) bond motifs is 1. The highest BCUT2D eigenvalue weighted by atomic mass is 35.5. The summed E-state index contributed by atoms with van der Waals surface area (Å²) in [5.74, 6) is 0.795. The normalized spacial score (nSPS) is 19.2. The lowest BCUT2D eigenvalue weighted by atomic mass is 10.0. The van der Waals surface area contributed by atoms with Crippen molar-refractivity contribution in [1.82, 2.24) is 15.0 Å². The van der Waals surface area contributed by atoms with Crippen molar-refractivity contribution in [3.63, 3.8) is 0 Å². The van der Waals surface area contributed by atoms with Gasteiger partial charge in [0.1, 0.15) is 11.3 Å². The maximum Gasteiger partial charge on any atom is 0.189 e. The van der Waals surface area contributed by atoms with Crippen LogP contribution in [-0.4, -0.2) is 34.3 Å². The van der Waals surface area contributed by atoms with E-state index in [1.165, 1.54) is 18.2 Å². The van der Waals surface area contributed by atoms with Crippen LogP contribution in [0.2, 0.25) is 5.15 Å². The van der Waals surface area contributed by atoms with E-state index in [2.05, 4.69) is 26.8 Å². The lowest BCUT2D eigenvalue weighted by molar-refractivity contribution is 0.444. The lowest BCUT2D eigenvalue weighted by Crippen LogP contribution is -2.35. The fourth-order valence-electron chi connectivity index (χ4n) is 2.71. The molecule has 112 valence electrons. The maximum absolute atomic E-state index is 14.2. The molecule has 2 aromatic rings. The van der Waals surface area contributed by atoms with Gasteiger partial charge in [-0.25, -0.2) is 19.3 Å². The zero-order chi connectivity index (χ0) is 15.0. The molecule has 0 unspecified atom stereocenters. The van der Waals surface area contributed by atoms with Gasteiger partial charge in [-0.15, -0.1) is 0 Å². The fraction of sp³-hybridized carbons (Fsp3) is 0.500. The first kappa shape index (κ1) is 14.8. The van der Waals surface area contributed by atoms with Gasteiger partial charge in [0.2, 0.25) is 0 Å². The van der Waals surface area contributed by atoms with Gasteiger partial charge in [0.15, 0.2) is 16.1 Å². The van der Waals surface area contributed by atoms with Crippen LogP contribution in [0.4, 0.5) is 10.2 Å². The minimum Gasteiger partial charge on any atom is -0.356 e. The predicted molar refractivity (Wildman–Crippen MR) is 84.7 cm³/mol. The van der Waals surface area contributed by atoms with E-state index in [4.69, 9.17) is 11.6 Å². The van der Waals surface area contributed by atoms with Crippen molar-refractivity contribution < 1.29 is 4.39 Å². The average molecular weight is 327 g/mol. The second-order valence-corrected chi connectivity index (χ2v) is 6.48. The molecule has 2 aromatic heterocycles. The molecule has 0 aromatic carbocycles. The van der Waals surface area contributed by atoms with Gasteiger partial charge in [0.25, 0.3) is 0 Å². The molecule has 0 radical (unpaired) electrons. The Hall–Kier alpha value is -1.14. The van der Waals surface area contributed by atoms with Crippen molar-refractivity contribution in [3.8, 4) is 0 Å². The van der Waals surface area contributed by atoms with Gasteiger partial charge in [0, 0.05) is 19.3 Å². The number of thioether (sulfide) groups is 1. The molecule has 0 saturated carbocycles. The molecule has 0 aliphatic carbocycles. The van der Waals surface area contributed by atoms with Crippen molar-refractivity contribution in [3.05, 3.63) is 17.2 Å². The molecule has 1 fully saturated rings. The number of rotatable bonds is 2. The van der Waals surface area contributed by atoms with E-state index in [9.17, 15) is 4.39 Å². The number of aromatic nitrogens is 3. The van der Waals surface area contributed by atoms with Crippen LogP contribution >= 0.6 is 23.4 Å². The Labute approximate surface area is 132 Å². The third kappa shape index (κ3) is 2.79. The Morgan fingerprint density at radius 1 is 1.43 bits per heavy atom. The van der Waals surface area contributed by atoms with E-state index >= 15 is 0 Å². The van der Waals surface area contributed by atoms with Crippen LogP contribution in [0, 0.1) is 11.7 Å². The highest BCUT2D eigenvalue weighted by Crippen LogP contribution is 2.31. The van der Waals surface area contributed by atoms with Gasteiger partial charge in [0.05, 0.1) is 5.39 Å². The van der Waals surface area contributed by atoms with Crippen LogP contribution in [0.3, 0.4) is 0 Å². The van der Waals surface area contributed by atoms with Crippen molar-refractivity contribution in [2.24, 2.45) is 5.92 Å². The maximum atomic E-state index is 14.2. The van der Waals surface area contributed by atoms with Crippen LogP contribution in [-0.2, 0) is 0 Å². The molecule has 3 heterocycles. The van der Waals surface area contributed by atoms with E-state index in [0.29, 0.717) is 16.5 Å². The minimum absolute atomic E-state index is 0.147. The van der Waals surface area contributed by atoms with E-state index < -0.39 is 5.82 Å². The third-order valence-electron chi connectivity index (χ3n) is 3.74. The summed E-state index contributed by atoms with van der Waals surface area (Å²) < 4.78 is 14.2. The van der Waals surface area contributed by atoms with Crippen molar-refractivity contribution in [2.45, 2.75) is 24.9 Å².